The highest BCUT2D eigenvalue weighted by molar-refractivity contribution is 5.80. The Bertz CT molecular complexity index is 460. The number of rotatable bonds is 7. The van der Waals surface area contributed by atoms with Gasteiger partial charge in [-0.15, -0.1) is 0 Å². The van der Waals surface area contributed by atoms with Crippen molar-refractivity contribution in [3.8, 4) is 0 Å². The van der Waals surface area contributed by atoms with Crippen LogP contribution >= 0.6 is 0 Å². The van der Waals surface area contributed by atoms with Crippen LogP contribution in [0.3, 0.4) is 0 Å². The molecule has 0 bridgehead atoms. The molecule has 2 amide bonds. The summed E-state index contributed by atoms with van der Waals surface area (Å²) in [6, 6.07) is 7.79. The van der Waals surface area contributed by atoms with E-state index >= 15 is 0 Å². The van der Waals surface area contributed by atoms with E-state index < -0.39 is 5.97 Å². The number of carboxylic acids is 1. The van der Waals surface area contributed by atoms with Gasteiger partial charge >= 0.3 is 12.0 Å². The lowest BCUT2D eigenvalue weighted by molar-refractivity contribution is -0.137. The molecule has 5 nitrogen and oxygen atoms in total. The van der Waals surface area contributed by atoms with E-state index in [1.807, 2.05) is 32.0 Å². The van der Waals surface area contributed by atoms with Crippen molar-refractivity contribution < 1.29 is 14.7 Å². The number of hydrogen-bond acceptors (Lipinski definition) is 2. The summed E-state index contributed by atoms with van der Waals surface area (Å²) in [5.74, 6) is -0.993. The largest absolute Gasteiger partial charge is 0.480 e. The molecule has 2 N–H and O–H groups in total. The minimum Gasteiger partial charge on any atom is -0.480 e. The summed E-state index contributed by atoms with van der Waals surface area (Å²) in [4.78, 5) is 23.9. The molecule has 0 unspecified atom stereocenters. The first-order valence-electron chi connectivity index (χ1n) is 6.83. The summed E-state index contributed by atoms with van der Waals surface area (Å²) >= 11 is 0. The van der Waals surface area contributed by atoms with E-state index in [0.717, 1.165) is 18.4 Å². The predicted octanol–water partition coefficient (Wildman–Crippen LogP) is 2.04. The lowest BCUT2D eigenvalue weighted by Crippen LogP contribution is -2.43. The van der Waals surface area contributed by atoms with Crippen molar-refractivity contribution in [3.63, 3.8) is 0 Å². The molecule has 1 aromatic carbocycles. The number of aryl methyl sites for hydroxylation is 1. The van der Waals surface area contributed by atoms with Crippen molar-refractivity contribution in [2.75, 3.05) is 19.6 Å². The van der Waals surface area contributed by atoms with E-state index in [-0.39, 0.29) is 12.6 Å². The molecule has 0 saturated carbocycles. The third-order valence-corrected chi connectivity index (χ3v) is 2.88. The highest BCUT2D eigenvalue weighted by Gasteiger charge is 2.14. The minimum absolute atomic E-state index is 0.260. The highest BCUT2D eigenvalue weighted by Crippen LogP contribution is 2.04. The predicted molar refractivity (Wildman–Crippen MR) is 77.8 cm³/mol. The van der Waals surface area contributed by atoms with Gasteiger partial charge in [-0.25, -0.2) is 4.79 Å². The maximum Gasteiger partial charge on any atom is 0.323 e. The second-order valence-corrected chi connectivity index (χ2v) is 4.79. The van der Waals surface area contributed by atoms with Crippen molar-refractivity contribution in [1.82, 2.24) is 10.2 Å². The summed E-state index contributed by atoms with van der Waals surface area (Å²) in [6.45, 7) is 4.63. The quantitative estimate of drug-likeness (QED) is 0.802. The van der Waals surface area contributed by atoms with Crippen LogP contribution in [0, 0.1) is 6.92 Å². The number of nitrogens with zero attached hydrogens (tertiary/aromatic N) is 1. The molecule has 0 aliphatic heterocycles. The maximum absolute atomic E-state index is 11.9. The Morgan fingerprint density at radius 3 is 2.70 bits per heavy atom. The molecule has 0 saturated heterocycles. The number of carboxylic acid groups (broad SMARTS) is 1. The fraction of sp³-hybridized carbons (Fsp3) is 0.467. The zero-order valence-corrected chi connectivity index (χ0v) is 12.1. The average molecular weight is 278 g/mol. The lowest BCUT2D eigenvalue weighted by Gasteiger charge is -2.20. The number of hydrogen-bond donors (Lipinski definition) is 2. The molecule has 0 aliphatic rings. The summed E-state index contributed by atoms with van der Waals surface area (Å²) in [7, 11) is 0. The van der Waals surface area contributed by atoms with Crippen LogP contribution in [0.1, 0.15) is 24.5 Å². The van der Waals surface area contributed by atoms with Crippen LogP contribution in [-0.4, -0.2) is 41.6 Å². The standard InChI is InChI=1S/C15H22N2O3/c1-3-9-17(11-14(18)19)15(20)16-8-7-13-6-4-5-12(2)10-13/h4-6,10H,3,7-9,11H2,1-2H3,(H,16,20)(H,18,19). The summed E-state index contributed by atoms with van der Waals surface area (Å²) in [5.41, 5.74) is 2.35. The van der Waals surface area contributed by atoms with Crippen molar-refractivity contribution >= 4 is 12.0 Å². The van der Waals surface area contributed by atoms with Gasteiger partial charge in [0.2, 0.25) is 0 Å². The van der Waals surface area contributed by atoms with Crippen LogP contribution in [0.5, 0.6) is 0 Å². The zero-order chi connectivity index (χ0) is 15.0. The van der Waals surface area contributed by atoms with Crippen LogP contribution in [0.4, 0.5) is 4.79 Å². The molecular weight excluding hydrogens is 256 g/mol. The van der Waals surface area contributed by atoms with Crippen molar-refractivity contribution in [2.24, 2.45) is 0 Å². The molecule has 1 rings (SSSR count). The average Bonchev–Trinajstić information content (AvgIpc) is 2.37. The normalized spacial score (nSPS) is 10.1. The van der Waals surface area contributed by atoms with E-state index in [0.29, 0.717) is 13.1 Å². The van der Waals surface area contributed by atoms with Gasteiger partial charge in [0, 0.05) is 13.1 Å². The first-order valence-corrected chi connectivity index (χ1v) is 6.83. The molecule has 20 heavy (non-hydrogen) atoms. The molecule has 0 aromatic heterocycles. The van der Waals surface area contributed by atoms with Crippen LogP contribution in [0.25, 0.3) is 0 Å². The Hall–Kier alpha value is -2.04. The zero-order valence-electron chi connectivity index (χ0n) is 12.1. The molecule has 5 heteroatoms. The molecule has 0 spiro atoms. The number of aliphatic carboxylic acids is 1. The van der Waals surface area contributed by atoms with Gasteiger partial charge in [0.15, 0.2) is 0 Å². The molecule has 1 aromatic rings. The van der Waals surface area contributed by atoms with E-state index in [1.54, 1.807) is 0 Å². The van der Waals surface area contributed by atoms with Crippen LogP contribution in [0.2, 0.25) is 0 Å². The second kappa shape index (κ2) is 8.19. The Morgan fingerprint density at radius 2 is 2.10 bits per heavy atom. The fourth-order valence-corrected chi connectivity index (χ4v) is 1.98. The van der Waals surface area contributed by atoms with Gasteiger partial charge in [0.1, 0.15) is 6.54 Å². The van der Waals surface area contributed by atoms with E-state index in [1.165, 1.54) is 10.5 Å². The number of carbonyl (C=O) groups excluding carboxylic acids is 1. The number of nitrogens with one attached hydrogen (secondary N) is 1. The Morgan fingerprint density at radius 1 is 1.35 bits per heavy atom. The second-order valence-electron chi connectivity index (χ2n) is 4.79. The summed E-state index contributed by atoms with van der Waals surface area (Å²) in [6.07, 6.45) is 1.47. The number of amides is 2. The lowest BCUT2D eigenvalue weighted by atomic mass is 10.1. The Kier molecular flexibility index (Phi) is 6.56. The highest BCUT2D eigenvalue weighted by atomic mass is 16.4. The molecule has 0 atom stereocenters. The number of benzene rings is 1. The molecule has 0 radical (unpaired) electrons. The SMILES string of the molecule is CCCN(CC(=O)O)C(=O)NCCc1cccc(C)c1. The number of carbonyl (C=O) groups is 2. The van der Waals surface area contributed by atoms with Gasteiger partial charge in [-0.1, -0.05) is 36.8 Å². The monoisotopic (exact) mass is 278 g/mol. The van der Waals surface area contributed by atoms with Crippen LogP contribution < -0.4 is 5.32 Å². The minimum atomic E-state index is -0.993. The van der Waals surface area contributed by atoms with Crippen LogP contribution in [0.15, 0.2) is 24.3 Å². The molecule has 0 aliphatic carbocycles. The van der Waals surface area contributed by atoms with E-state index in [2.05, 4.69) is 11.4 Å². The number of urea groups is 1. The maximum atomic E-state index is 11.9. The van der Waals surface area contributed by atoms with Gasteiger partial charge in [0.25, 0.3) is 0 Å². The first kappa shape index (κ1) is 16.0. The molecular formula is C15H22N2O3. The van der Waals surface area contributed by atoms with Gasteiger partial charge in [-0.2, -0.15) is 0 Å². The van der Waals surface area contributed by atoms with Crippen molar-refractivity contribution in [3.05, 3.63) is 35.4 Å². The third-order valence-electron chi connectivity index (χ3n) is 2.88. The van der Waals surface area contributed by atoms with Crippen molar-refractivity contribution in [1.29, 1.82) is 0 Å². The van der Waals surface area contributed by atoms with Gasteiger partial charge < -0.3 is 15.3 Å². The van der Waals surface area contributed by atoms with Crippen molar-refractivity contribution in [2.45, 2.75) is 26.7 Å². The molecule has 0 fully saturated rings. The fourth-order valence-electron chi connectivity index (χ4n) is 1.98. The summed E-state index contributed by atoms with van der Waals surface area (Å²) < 4.78 is 0. The molecule has 110 valence electrons. The summed E-state index contributed by atoms with van der Waals surface area (Å²) in [5, 5.41) is 11.5. The van der Waals surface area contributed by atoms with E-state index in [9.17, 15) is 9.59 Å². The smallest absolute Gasteiger partial charge is 0.323 e. The van der Waals surface area contributed by atoms with Gasteiger partial charge in [0.05, 0.1) is 0 Å². The first-order chi connectivity index (χ1) is 9.52. The molecule has 0 heterocycles. The van der Waals surface area contributed by atoms with Crippen LogP contribution in [-0.2, 0) is 11.2 Å². The Labute approximate surface area is 119 Å². The topological polar surface area (TPSA) is 69.6 Å². The third kappa shape index (κ3) is 5.73. The van der Waals surface area contributed by atoms with E-state index in [4.69, 9.17) is 5.11 Å². The van der Waals surface area contributed by atoms with Gasteiger partial charge in [-0.05, 0) is 25.3 Å². The Balaban J connectivity index is 2.42. The van der Waals surface area contributed by atoms with Gasteiger partial charge in [-0.3, -0.25) is 4.79 Å².